The standard InChI is InChI=1S/C48H64N8S4.Cl2O2S/c1-9-25(33-17-5-21-57-33)37-29(13-1)41-49-45(37)54-42-31-15-3-11-27(35-19-7-23-59-35)39(31)47(51-42)56-44-32-16-4-12-28(36-20-8-24-60-36)40(32)48(52-44)55-43-30-14-2-10-26(34-18-6-22-58-34)38(30)46(50-43)53-41;1-5(2,3)4/h5-8,17-32,37-56H,1-4,9-16H2;. The quantitative estimate of drug-likeness (QED) is 0.0938. The molecular formula is C48H64Cl2N8O2S5. The molecule has 9 aliphatic rings. The molecule has 0 spiro atoms. The lowest BCUT2D eigenvalue weighted by Gasteiger charge is -2.41. The fraction of sp³-hybridized carbons (Fsp3) is 0.667. The van der Waals surface area contributed by atoms with Gasteiger partial charge in [0.15, 0.2) is 0 Å². The summed E-state index contributed by atoms with van der Waals surface area (Å²) in [7, 11) is 4.81. The first kappa shape index (κ1) is 45.2. The van der Waals surface area contributed by atoms with Crippen LogP contribution in [0.3, 0.4) is 0 Å². The molecule has 13 rings (SSSR count). The van der Waals surface area contributed by atoms with Crippen molar-refractivity contribution < 1.29 is 8.42 Å². The van der Waals surface area contributed by atoms with Crippen LogP contribution in [-0.2, 0) is 8.26 Å². The van der Waals surface area contributed by atoms with Gasteiger partial charge in [-0.2, -0.15) is 8.42 Å². The predicted octanol–water partition coefficient (Wildman–Crippen LogP) is 9.14. The first-order chi connectivity index (χ1) is 31.7. The normalized spacial score (nSPS) is 44.6. The highest BCUT2D eigenvalue weighted by molar-refractivity contribution is 8.31. The summed E-state index contributed by atoms with van der Waals surface area (Å²) >= 11 is 7.98. The molecule has 0 aromatic carbocycles. The van der Waals surface area contributed by atoms with Crippen LogP contribution >= 0.6 is 66.7 Å². The van der Waals surface area contributed by atoms with E-state index in [1.807, 2.05) is 45.3 Å². The van der Waals surface area contributed by atoms with Gasteiger partial charge in [0.2, 0.25) is 0 Å². The lowest BCUT2D eigenvalue weighted by Crippen LogP contribution is -2.62. The van der Waals surface area contributed by atoms with E-state index in [2.05, 4.69) is 134 Å². The van der Waals surface area contributed by atoms with Crippen molar-refractivity contribution in [3.05, 3.63) is 89.6 Å². The molecule has 10 nitrogen and oxygen atoms in total. The molecule has 0 radical (unpaired) electrons. The second-order valence-corrected chi connectivity index (χ2v) is 28.3. The van der Waals surface area contributed by atoms with Crippen LogP contribution in [0.15, 0.2) is 70.1 Å². The van der Waals surface area contributed by atoms with Crippen LogP contribution in [0.1, 0.15) is 120 Å². The molecule has 12 unspecified atom stereocenters. The van der Waals surface area contributed by atoms with Crippen LogP contribution in [-0.4, -0.2) is 57.7 Å². The molecule has 4 aromatic heterocycles. The van der Waals surface area contributed by atoms with E-state index in [9.17, 15) is 0 Å². The van der Waals surface area contributed by atoms with Crippen molar-refractivity contribution in [1.82, 2.24) is 42.5 Å². The van der Waals surface area contributed by atoms with Gasteiger partial charge < -0.3 is 0 Å². The average molecular weight is 1020 g/mol. The molecule has 8 N–H and O–H groups in total. The van der Waals surface area contributed by atoms with Crippen molar-refractivity contribution in [2.75, 3.05) is 0 Å². The van der Waals surface area contributed by atoms with Gasteiger partial charge in [0.05, 0.1) is 49.3 Å². The minimum absolute atomic E-state index is 0.251. The van der Waals surface area contributed by atoms with E-state index in [-0.39, 0.29) is 49.3 Å². The minimum Gasteiger partial charge on any atom is -0.286 e. The van der Waals surface area contributed by atoms with E-state index in [1.165, 1.54) is 77.0 Å². The zero-order valence-corrected chi connectivity index (χ0v) is 42.2. The van der Waals surface area contributed by atoms with Crippen LogP contribution in [0.5, 0.6) is 0 Å². The Balaban J connectivity index is 0.000000846. The molecule has 5 aliphatic heterocycles. The maximum atomic E-state index is 9.16. The minimum atomic E-state index is -3.72. The van der Waals surface area contributed by atoms with Crippen molar-refractivity contribution in [1.29, 1.82) is 0 Å². The van der Waals surface area contributed by atoms with Crippen molar-refractivity contribution in [2.45, 2.75) is 150 Å². The van der Waals surface area contributed by atoms with Crippen LogP contribution in [0, 0.1) is 47.3 Å². The number of hydrogen-bond acceptors (Lipinski definition) is 14. The molecule has 65 heavy (non-hydrogen) atoms. The number of hydrogen-bond donors (Lipinski definition) is 8. The molecule has 4 aliphatic carbocycles. The van der Waals surface area contributed by atoms with Crippen LogP contribution in [0.2, 0.25) is 0 Å². The molecular weight excluding hydrogens is 952 g/mol. The van der Waals surface area contributed by atoms with Gasteiger partial charge in [-0.25, -0.2) is 0 Å². The van der Waals surface area contributed by atoms with Gasteiger partial charge in [-0.05, 0) is 144 Å². The molecule has 17 heteroatoms. The molecule has 4 saturated carbocycles. The smallest absolute Gasteiger partial charge is 0.286 e. The lowest BCUT2D eigenvalue weighted by molar-refractivity contribution is 0.142. The Kier molecular flexibility index (Phi) is 13.2. The molecule has 8 bridgehead atoms. The van der Waals surface area contributed by atoms with Crippen LogP contribution in [0.25, 0.3) is 0 Å². The van der Waals surface area contributed by atoms with Crippen molar-refractivity contribution >= 4 is 75.0 Å². The lowest BCUT2D eigenvalue weighted by atomic mass is 9.69. The highest BCUT2D eigenvalue weighted by Crippen LogP contribution is 2.54. The van der Waals surface area contributed by atoms with E-state index in [1.54, 1.807) is 19.5 Å². The highest BCUT2D eigenvalue weighted by atomic mass is 36.0. The Morgan fingerprint density at radius 2 is 0.585 bits per heavy atom. The van der Waals surface area contributed by atoms with E-state index in [4.69, 9.17) is 8.42 Å². The topological polar surface area (TPSA) is 130 Å². The van der Waals surface area contributed by atoms with Crippen molar-refractivity contribution in [2.24, 2.45) is 47.3 Å². The van der Waals surface area contributed by atoms with E-state index >= 15 is 0 Å². The Labute approximate surface area is 409 Å². The fourth-order valence-corrected chi connectivity index (χ4v) is 19.3. The monoisotopic (exact) mass is 1010 g/mol. The maximum absolute atomic E-state index is 9.16. The number of rotatable bonds is 4. The Bertz CT molecular complexity index is 1990. The van der Waals surface area contributed by atoms with Gasteiger partial charge in [0.25, 0.3) is 0 Å². The number of thiophene rings is 4. The molecule has 5 saturated heterocycles. The van der Waals surface area contributed by atoms with Gasteiger partial charge in [-0.1, -0.05) is 49.9 Å². The third-order valence-electron chi connectivity index (χ3n) is 17.8. The number of halogens is 2. The molecule has 9 fully saturated rings. The third-order valence-corrected chi connectivity index (χ3v) is 21.8. The first-order valence-electron chi connectivity index (χ1n) is 24.6. The molecule has 12 atom stereocenters. The summed E-state index contributed by atoms with van der Waals surface area (Å²) in [6, 6.07) is 18.9. The van der Waals surface area contributed by atoms with Gasteiger partial charge in [-0.15, -0.1) is 45.3 Å². The molecule has 9 heterocycles. The number of nitrogens with one attached hydrogen (secondary N) is 8. The summed E-state index contributed by atoms with van der Waals surface area (Å²) < 4.78 is 18.3. The summed E-state index contributed by atoms with van der Waals surface area (Å²) in [5.41, 5.74) is 0. The molecule has 0 amide bonds. The highest BCUT2D eigenvalue weighted by Gasteiger charge is 2.58. The summed E-state index contributed by atoms with van der Waals surface area (Å²) in [5.74, 6) is 6.89. The van der Waals surface area contributed by atoms with E-state index in [0.29, 0.717) is 71.0 Å². The zero-order chi connectivity index (χ0) is 43.8. The Morgan fingerprint density at radius 3 is 0.769 bits per heavy atom. The number of fused-ring (bicyclic) bond motifs is 20. The SMILES string of the molecule is O=S(=O)(Cl)Cl.c1csc(C2CCCC3C4NC(NC5NC(NC6NC(NC7NC(N4)C4C(c8cccs8)CCCC74)C4C(c7cccs7)CCCC64)C4C(c6cccs6)CCCC54)C23)c1. The van der Waals surface area contributed by atoms with Crippen LogP contribution in [0.4, 0.5) is 0 Å². The maximum Gasteiger partial charge on any atom is 0.317 e. The van der Waals surface area contributed by atoms with Crippen molar-refractivity contribution in [3.8, 4) is 0 Å². The molecule has 352 valence electrons. The Hall–Kier alpha value is -0.990. The first-order valence-corrected chi connectivity index (χ1v) is 31.2. The Morgan fingerprint density at radius 1 is 0.369 bits per heavy atom. The van der Waals surface area contributed by atoms with Crippen LogP contribution < -0.4 is 42.5 Å². The van der Waals surface area contributed by atoms with Crippen molar-refractivity contribution in [3.63, 3.8) is 0 Å². The summed E-state index contributed by atoms with van der Waals surface area (Å²) in [6.45, 7) is 0. The summed E-state index contributed by atoms with van der Waals surface area (Å²) in [6.07, 6.45) is 17.7. The predicted molar refractivity (Wildman–Crippen MR) is 268 cm³/mol. The zero-order valence-electron chi connectivity index (χ0n) is 36.6. The summed E-state index contributed by atoms with van der Waals surface area (Å²) in [5, 5.41) is 44.8. The largest absolute Gasteiger partial charge is 0.317 e. The van der Waals surface area contributed by atoms with Gasteiger partial charge in [-0.3, -0.25) is 42.5 Å². The van der Waals surface area contributed by atoms with Gasteiger partial charge >= 0.3 is 8.26 Å². The van der Waals surface area contributed by atoms with Gasteiger partial charge in [0.1, 0.15) is 0 Å². The average Bonchev–Trinajstić information content (AvgIpc) is 4.15. The summed E-state index contributed by atoms with van der Waals surface area (Å²) in [4.78, 5) is 6.37. The second kappa shape index (κ2) is 19.0. The fourth-order valence-electron chi connectivity index (χ4n) is 15.6. The van der Waals surface area contributed by atoms with E-state index in [0.717, 1.165) is 0 Å². The van der Waals surface area contributed by atoms with Gasteiger partial charge in [0, 0.05) is 64.5 Å². The van der Waals surface area contributed by atoms with E-state index < -0.39 is 8.26 Å². The second-order valence-electron chi connectivity index (χ2n) is 20.7. The molecule has 4 aromatic rings. The third kappa shape index (κ3) is 8.83.